The third-order valence-corrected chi connectivity index (χ3v) is 2.29. The summed E-state index contributed by atoms with van der Waals surface area (Å²) in [6.45, 7) is 0. The number of carbonyl (C=O) groups excluding carboxylic acids is 1. The molecule has 88 valence electrons. The molecule has 0 atom stereocenters. The molecule has 1 rings (SSSR count). The van der Waals surface area contributed by atoms with Crippen LogP contribution < -0.4 is 0 Å². The second-order valence-corrected chi connectivity index (χ2v) is 3.33. The number of hydrogen-bond donors (Lipinski definition) is 0. The molecule has 3 nitrogen and oxygen atoms in total. The Morgan fingerprint density at radius 1 is 1.62 bits per heavy atom. The Kier molecular flexibility index (Phi) is 4.61. The van der Waals surface area contributed by atoms with Gasteiger partial charge in [0.05, 0.1) is 25.1 Å². The number of alkyl halides is 3. The minimum absolute atomic E-state index is 0.109. The number of rotatable bonds is 4. The fourth-order valence-electron chi connectivity index (χ4n) is 1.21. The van der Waals surface area contributed by atoms with Crippen LogP contribution in [0.25, 0.3) is 0 Å². The van der Waals surface area contributed by atoms with Gasteiger partial charge in [-0.05, 0) is 11.6 Å². The van der Waals surface area contributed by atoms with E-state index in [0.29, 0.717) is 5.69 Å². The molecule has 16 heavy (non-hydrogen) atoms. The van der Waals surface area contributed by atoms with E-state index >= 15 is 0 Å². The third-order valence-electron chi connectivity index (χ3n) is 2.02. The predicted octanol–water partition coefficient (Wildman–Crippen LogP) is 2.47. The summed E-state index contributed by atoms with van der Waals surface area (Å²) in [7, 11) is 1.20. The van der Waals surface area contributed by atoms with Crippen LogP contribution in [0.2, 0.25) is 0 Å². The van der Waals surface area contributed by atoms with Gasteiger partial charge in [-0.15, -0.1) is 11.6 Å². The fourth-order valence-corrected chi connectivity index (χ4v) is 1.35. The van der Waals surface area contributed by atoms with Crippen molar-refractivity contribution in [1.82, 2.24) is 4.98 Å². The van der Waals surface area contributed by atoms with E-state index in [9.17, 15) is 13.6 Å². The summed E-state index contributed by atoms with van der Waals surface area (Å²) in [5.41, 5.74) is 0.386. The van der Waals surface area contributed by atoms with E-state index in [1.165, 1.54) is 13.2 Å². The largest absolute Gasteiger partial charge is 0.469 e. The SMILES string of the molecule is COC(=O)Cc1cc(CCl)ncc1C(F)F. The van der Waals surface area contributed by atoms with E-state index < -0.39 is 12.4 Å². The molecule has 0 bridgehead atoms. The minimum Gasteiger partial charge on any atom is -0.469 e. The van der Waals surface area contributed by atoms with Crippen molar-refractivity contribution in [3.05, 3.63) is 29.1 Å². The van der Waals surface area contributed by atoms with Crippen molar-refractivity contribution >= 4 is 17.6 Å². The van der Waals surface area contributed by atoms with Crippen molar-refractivity contribution in [2.45, 2.75) is 18.7 Å². The van der Waals surface area contributed by atoms with Gasteiger partial charge in [-0.25, -0.2) is 8.78 Å². The smallest absolute Gasteiger partial charge is 0.309 e. The minimum atomic E-state index is -2.67. The van der Waals surface area contributed by atoms with Gasteiger partial charge in [0.2, 0.25) is 0 Å². The highest BCUT2D eigenvalue weighted by Crippen LogP contribution is 2.23. The van der Waals surface area contributed by atoms with E-state index in [1.807, 2.05) is 0 Å². The molecule has 6 heteroatoms. The Hall–Kier alpha value is -1.23. The van der Waals surface area contributed by atoms with Crippen LogP contribution in [0.3, 0.4) is 0 Å². The van der Waals surface area contributed by atoms with E-state index in [0.717, 1.165) is 6.20 Å². The zero-order valence-corrected chi connectivity index (χ0v) is 9.30. The summed E-state index contributed by atoms with van der Waals surface area (Å²) < 4.78 is 29.6. The molecule has 1 aromatic rings. The lowest BCUT2D eigenvalue weighted by molar-refractivity contribution is -0.139. The van der Waals surface area contributed by atoms with E-state index in [4.69, 9.17) is 11.6 Å². The van der Waals surface area contributed by atoms with Gasteiger partial charge in [0, 0.05) is 11.8 Å². The second-order valence-electron chi connectivity index (χ2n) is 3.06. The highest BCUT2D eigenvalue weighted by Gasteiger charge is 2.16. The monoisotopic (exact) mass is 249 g/mol. The molecule has 0 aromatic carbocycles. The van der Waals surface area contributed by atoms with Crippen LogP contribution in [0.15, 0.2) is 12.3 Å². The lowest BCUT2D eigenvalue weighted by atomic mass is 10.1. The van der Waals surface area contributed by atoms with Crippen LogP contribution in [-0.2, 0) is 21.8 Å². The zero-order valence-electron chi connectivity index (χ0n) is 8.54. The standard InChI is InChI=1S/C10H10ClF2NO2/c1-16-9(15)3-6-2-7(4-11)14-5-8(6)10(12)13/h2,5,10H,3-4H2,1H3. The first-order valence-electron chi connectivity index (χ1n) is 4.47. The summed E-state index contributed by atoms with van der Waals surface area (Å²) in [5.74, 6) is -0.467. The van der Waals surface area contributed by atoms with Crippen molar-refractivity contribution in [2.24, 2.45) is 0 Å². The number of methoxy groups -OCH3 is 1. The van der Waals surface area contributed by atoms with Crippen molar-refractivity contribution < 1.29 is 18.3 Å². The lowest BCUT2D eigenvalue weighted by Crippen LogP contribution is -2.08. The molecule has 0 unspecified atom stereocenters. The molecule has 0 aliphatic rings. The normalized spacial score (nSPS) is 10.6. The number of aromatic nitrogens is 1. The van der Waals surface area contributed by atoms with Crippen molar-refractivity contribution in [3.63, 3.8) is 0 Å². The summed E-state index contributed by atoms with van der Waals surface area (Å²) in [6, 6.07) is 1.39. The van der Waals surface area contributed by atoms with Gasteiger partial charge in [0.1, 0.15) is 0 Å². The maximum absolute atomic E-state index is 12.6. The quantitative estimate of drug-likeness (QED) is 0.608. The molecular formula is C10H10ClF2NO2. The molecule has 0 radical (unpaired) electrons. The molecule has 0 aliphatic carbocycles. The predicted molar refractivity (Wildman–Crippen MR) is 54.5 cm³/mol. The molecule has 0 fully saturated rings. The molecule has 0 saturated carbocycles. The summed E-state index contributed by atoms with van der Waals surface area (Å²) in [6.07, 6.45) is -1.83. The van der Waals surface area contributed by atoms with Crippen LogP contribution in [-0.4, -0.2) is 18.1 Å². The van der Waals surface area contributed by atoms with Crippen LogP contribution >= 0.6 is 11.6 Å². The first-order valence-corrected chi connectivity index (χ1v) is 5.00. The maximum atomic E-state index is 12.6. The van der Waals surface area contributed by atoms with Gasteiger partial charge in [0.25, 0.3) is 6.43 Å². The number of nitrogens with zero attached hydrogens (tertiary/aromatic N) is 1. The van der Waals surface area contributed by atoms with Gasteiger partial charge in [-0.1, -0.05) is 0 Å². The summed E-state index contributed by atoms with van der Waals surface area (Å²) in [5, 5.41) is 0. The van der Waals surface area contributed by atoms with Gasteiger partial charge < -0.3 is 4.74 Å². The average Bonchev–Trinajstić information content (AvgIpc) is 2.28. The number of hydrogen-bond acceptors (Lipinski definition) is 3. The number of pyridine rings is 1. The Bertz CT molecular complexity index is 385. The Balaban J connectivity index is 3.05. The molecule has 1 heterocycles. The van der Waals surface area contributed by atoms with E-state index in [-0.39, 0.29) is 23.4 Å². The van der Waals surface area contributed by atoms with Crippen molar-refractivity contribution in [3.8, 4) is 0 Å². The first kappa shape index (κ1) is 12.8. The Morgan fingerprint density at radius 3 is 2.81 bits per heavy atom. The number of esters is 1. The number of ether oxygens (including phenoxy) is 1. The summed E-state index contributed by atoms with van der Waals surface area (Å²) in [4.78, 5) is 14.8. The molecule has 0 amide bonds. The van der Waals surface area contributed by atoms with Gasteiger partial charge in [0.15, 0.2) is 0 Å². The van der Waals surface area contributed by atoms with Crippen molar-refractivity contribution in [1.29, 1.82) is 0 Å². The fraction of sp³-hybridized carbons (Fsp3) is 0.400. The van der Waals surface area contributed by atoms with Gasteiger partial charge >= 0.3 is 5.97 Å². The van der Waals surface area contributed by atoms with Crippen LogP contribution in [0.4, 0.5) is 8.78 Å². The molecule has 0 N–H and O–H groups in total. The topological polar surface area (TPSA) is 39.2 Å². The van der Waals surface area contributed by atoms with Crippen LogP contribution in [0.5, 0.6) is 0 Å². The lowest BCUT2D eigenvalue weighted by Gasteiger charge is -2.08. The maximum Gasteiger partial charge on any atom is 0.309 e. The third kappa shape index (κ3) is 3.13. The highest BCUT2D eigenvalue weighted by atomic mass is 35.5. The van der Waals surface area contributed by atoms with Crippen LogP contribution in [0.1, 0.15) is 23.2 Å². The first-order chi connectivity index (χ1) is 7.58. The molecule has 0 saturated heterocycles. The number of halogens is 3. The average molecular weight is 250 g/mol. The molecule has 1 aromatic heterocycles. The summed E-state index contributed by atoms with van der Waals surface area (Å²) >= 11 is 5.54. The molecular weight excluding hydrogens is 240 g/mol. The van der Waals surface area contributed by atoms with Crippen molar-refractivity contribution in [2.75, 3.05) is 7.11 Å². The second kappa shape index (κ2) is 5.75. The van der Waals surface area contributed by atoms with Crippen LogP contribution in [0, 0.1) is 0 Å². The Morgan fingerprint density at radius 2 is 2.31 bits per heavy atom. The number of carbonyl (C=O) groups is 1. The van der Waals surface area contributed by atoms with E-state index in [2.05, 4.69) is 9.72 Å². The molecule has 0 spiro atoms. The zero-order chi connectivity index (χ0) is 12.1. The highest BCUT2D eigenvalue weighted by molar-refractivity contribution is 6.16. The Labute approximate surface area is 96.4 Å². The molecule has 0 aliphatic heterocycles. The van der Waals surface area contributed by atoms with Gasteiger partial charge in [-0.3, -0.25) is 9.78 Å². The van der Waals surface area contributed by atoms with E-state index in [1.54, 1.807) is 0 Å². The van der Waals surface area contributed by atoms with Gasteiger partial charge in [-0.2, -0.15) is 0 Å².